The van der Waals surface area contributed by atoms with E-state index in [1.54, 1.807) is 42.9 Å². The van der Waals surface area contributed by atoms with Gasteiger partial charge in [0, 0.05) is 36.7 Å². The smallest absolute Gasteiger partial charge is 0.254 e. The highest BCUT2D eigenvalue weighted by Crippen LogP contribution is 2.27. The van der Waals surface area contributed by atoms with Gasteiger partial charge in [0.25, 0.3) is 5.91 Å². The minimum absolute atomic E-state index is 0.155. The van der Waals surface area contributed by atoms with Gasteiger partial charge in [-0.05, 0) is 38.1 Å². The molecule has 0 saturated carbocycles. The Labute approximate surface area is 172 Å². The molecule has 0 spiro atoms. The zero-order valence-corrected chi connectivity index (χ0v) is 17.0. The van der Waals surface area contributed by atoms with Crippen molar-refractivity contribution in [2.45, 2.75) is 31.0 Å². The normalized spacial score (nSPS) is 10.6. The van der Waals surface area contributed by atoms with E-state index in [-0.39, 0.29) is 24.8 Å². The molecule has 8 nitrogen and oxygen atoms in total. The molecular weight excluding hydrogens is 390 g/mol. The standard InChI is InChI=1S/C20H21N5O3S/c1-13-17(14(2)28-25-13)12-29-20-16(6-4-9-23-20)19(27)22-10-7-18(26)24-15-5-3-8-21-11-15/h3-6,8-9,11H,7,10,12H2,1-2H3,(H,22,27)(H,24,26). The van der Waals surface area contributed by atoms with Crippen LogP contribution in [0.15, 0.2) is 52.4 Å². The number of pyridine rings is 2. The summed E-state index contributed by atoms with van der Waals surface area (Å²) in [5.41, 5.74) is 2.92. The van der Waals surface area contributed by atoms with E-state index in [4.69, 9.17) is 4.52 Å². The molecule has 29 heavy (non-hydrogen) atoms. The molecule has 0 aromatic carbocycles. The minimum Gasteiger partial charge on any atom is -0.361 e. The topological polar surface area (TPSA) is 110 Å². The van der Waals surface area contributed by atoms with Crippen molar-refractivity contribution in [1.82, 2.24) is 20.4 Å². The monoisotopic (exact) mass is 411 g/mol. The van der Waals surface area contributed by atoms with Gasteiger partial charge in [-0.3, -0.25) is 14.6 Å². The van der Waals surface area contributed by atoms with E-state index in [1.165, 1.54) is 11.8 Å². The Bertz CT molecular complexity index is 971. The lowest BCUT2D eigenvalue weighted by Crippen LogP contribution is -2.28. The number of carbonyl (C=O) groups excluding carboxylic acids is 2. The minimum atomic E-state index is -0.270. The van der Waals surface area contributed by atoms with Crippen LogP contribution in [0, 0.1) is 13.8 Å². The Kier molecular flexibility index (Phi) is 6.96. The van der Waals surface area contributed by atoms with Crippen LogP contribution in [-0.4, -0.2) is 33.5 Å². The van der Waals surface area contributed by atoms with Gasteiger partial charge in [0.1, 0.15) is 10.8 Å². The Morgan fingerprint density at radius 1 is 1.17 bits per heavy atom. The molecule has 0 aliphatic heterocycles. The number of aromatic nitrogens is 3. The van der Waals surface area contributed by atoms with Gasteiger partial charge in [-0.25, -0.2) is 4.98 Å². The van der Waals surface area contributed by atoms with Crippen molar-refractivity contribution < 1.29 is 14.1 Å². The third kappa shape index (κ3) is 5.64. The first kappa shape index (κ1) is 20.5. The van der Waals surface area contributed by atoms with E-state index in [9.17, 15) is 9.59 Å². The molecule has 0 saturated heterocycles. The number of amides is 2. The summed E-state index contributed by atoms with van der Waals surface area (Å²) in [7, 11) is 0. The molecule has 2 N–H and O–H groups in total. The Hall–Kier alpha value is -3.20. The van der Waals surface area contributed by atoms with Gasteiger partial charge in [0.15, 0.2) is 0 Å². The summed E-state index contributed by atoms with van der Waals surface area (Å²) in [6, 6.07) is 6.92. The Balaban J connectivity index is 1.53. The Morgan fingerprint density at radius 3 is 2.72 bits per heavy atom. The fourth-order valence-corrected chi connectivity index (χ4v) is 3.72. The SMILES string of the molecule is Cc1noc(C)c1CSc1ncccc1C(=O)NCCC(=O)Nc1cccnc1. The van der Waals surface area contributed by atoms with Gasteiger partial charge in [0.05, 0.1) is 23.1 Å². The first-order valence-corrected chi connectivity index (χ1v) is 10.0. The summed E-state index contributed by atoms with van der Waals surface area (Å²) < 4.78 is 5.17. The number of hydrogen-bond acceptors (Lipinski definition) is 7. The molecule has 0 fully saturated rings. The molecule has 2 amide bonds. The van der Waals surface area contributed by atoms with E-state index in [0.29, 0.717) is 22.0 Å². The number of thioether (sulfide) groups is 1. The first-order chi connectivity index (χ1) is 14.0. The number of hydrogen-bond donors (Lipinski definition) is 2. The van der Waals surface area contributed by atoms with Crippen molar-refractivity contribution in [2.24, 2.45) is 0 Å². The van der Waals surface area contributed by atoms with Crippen LogP contribution in [0.3, 0.4) is 0 Å². The molecule has 0 bridgehead atoms. The maximum absolute atomic E-state index is 12.6. The van der Waals surface area contributed by atoms with E-state index < -0.39 is 0 Å². The van der Waals surface area contributed by atoms with Crippen molar-refractivity contribution in [1.29, 1.82) is 0 Å². The summed E-state index contributed by atoms with van der Waals surface area (Å²) in [6.45, 7) is 3.96. The quantitative estimate of drug-likeness (QED) is 0.548. The zero-order chi connectivity index (χ0) is 20.6. The number of nitrogens with zero attached hydrogens (tertiary/aromatic N) is 3. The van der Waals surface area contributed by atoms with Crippen LogP contribution in [0.25, 0.3) is 0 Å². The molecular formula is C20H21N5O3S. The van der Waals surface area contributed by atoms with Crippen molar-refractivity contribution in [3.05, 3.63) is 65.4 Å². The lowest BCUT2D eigenvalue weighted by Gasteiger charge is -2.09. The zero-order valence-electron chi connectivity index (χ0n) is 16.1. The largest absolute Gasteiger partial charge is 0.361 e. The third-order valence-corrected chi connectivity index (χ3v) is 5.16. The summed E-state index contributed by atoms with van der Waals surface area (Å²) >= 11 is 1.44. The molecule has 3 rings (SSSR count). The lowest BCUT2D eigenvalue weighted by atomic mass is 10.2. The number of nitrogens with one attached hydrogen (secondary N) is 2. The molecule has 0 unspecified atom stereocenters. The number of anilines is 1. The van der Waals surface area contributed by atoms with Crippen LogP contribution in [0.4, 0.5) is 5.69 Å². The predicted octanol–water partition coefficient (Wildman–Crippen LogP) is 3.13. The molecule has 3 heterocycles. The van der Waals surface area contributed by atoms with Crippen LogP contribution in [0.5, 0.6) is 0 Å². The molecule has 0 aliphatic carbocycles. The first-order valence-electron chi connectivity index (χ1n) is 9.02. The molecule has 0 radical (unpaired) electrons. The summed E-state index contributed by atoms with van der Waals surface area (Å²) in [5.74, 6) is 0.897. The van der Waals surface area contributed by atoms with Crippen LogP contribution < -0.4 is 10.6 Å². The maximum atomic E-state index is 12.6. The second kappa shape index (κ2) is 9.83. The van der Waals surface area contributed by atoms with Crippen molar-refractivity contribution in [2.75, 3.05) is 11.9 Å². The lowest BCUT2D eigenvalue weighted by molar-refractivity contribution is -0.116. The fraction of sp³-hybridized carbons (Fsp3) is 0.250. The average molecular weight is 411 g/mol. The molecule has 150 valence electrons. The van der Waals surface area contributed by atoms with E-state index >= 15 is 0 Å². The van der Waals surface area contributed by atoms with Gasteiger partial charge in [-0.2, -0.15) is 0 Å². The van der Waals surface area contributed by atoms with Crippen LogP contribution in [0.1, 0.15) is 33.8 Å². The molecule has 3 aromatic heterocycles. The van der Waals surface area contributed by atoms with E-state index in [0.717, 1.165) is 17.0 Å². The number of aryl methyl sites for hydroxylation is 2. The van der Waals surface area contributed by atoms with Gasteiger partial charge in [-0.15, -0.1) is 11.8 Å². The predicted molar refractivity (Wildman–Crippen MR) is 110 cm³/mol. The Morgan fingerprint density at radius 2 is 2.00 bits per heavy atom. The second-order valence-corrected chi connectivity index (χ2v) is 7.21. The highest BCUT2D eigenvalue weighted by molar-refractivity contribution is 7.98. The maximum Gasteiger partial charge on any atom is 0.254 e. The summed E-state index contributed by atoms with van der Waals surface area (Å²) in [6.07, 6.45) is 5.00. The van der Waals surface area contributed by atoms with Gasteiger partial charge in [-0.1, -0.05) is 5.16 Å². The van der Waals surface area contributed by atoms with Crippen molar-refractivity contribution >= 4 is 29.3 Å². The average Bonchev–Trinajstić information content (AvgIpc) is 3.05. The van der Waals surface area contributed by atoms with Gasteiger partial charge >= 0.3 is 0 Å². The fourth-order valence-electron chi connectivity index (χ4n) is 2.57. The summed E-state index contributed by atoms with van der Waals surface area (Å²) in [4.78, 5) is 32.8. The highest BCUT2D eigenvalue weighted by Gasteiger charge is 2.15. The van der Waals surface area contributed by atoms with E-state index in [2.05, 4.69) is 25.8 Å². The van der Waals surface area contributed by atoms with Gasteiger partial charge in [0.2, 0.25) is 5.91 Å². The van der Waals surface area contributed by atoms with Crippen molar-refractivity contribution in [3.63, 3.8) is 0 Å². The second-order valence-electron chi connectivity index (χ2n) is 6.24. The highest BCUT2D eigenvalue weighted by atomic mass is 32.2. The summed E-state index contributed by atoms with van der Waals surface area (Å²) in [5, 5.41) is 10.1. The third-order valence-electron chi connectivity index (χ3n) is 4.13. The molecule has 0 atom stereocenters. The number of carbonyl (C=O) groups is 2. The molecule has 9 heteroatoms. The van der Waals surface area contributed by atoms with Crippen LogP contribution >= 0.6 is 11.8 Å². The molecule has 3 aromatic rings. The van der Waals surface area contributed by atoms with Crippen LogP contribution in [0.2, 0.25) is 0 Å². The number of rotatable bonds is 8. The van der Waals surface area contributed by atoms with Gasteiger partial charge < -0.3 is 15.2 Å². The van der Waals surface area contributed by atoms with Crippen molar-refractivity contribution in [3.8, 4) is 0 Å². The molecule has 0 aliphatic rings. The van der Waals surface area contributed by atoms with E-state index in [1.807, 2.05) is 13.8 Å². The van der Waals surface area contributed by atoms with Crippen LogP contribution in [-0.2, 0) is 10.5 Å².